The van der Waals surface area contributed by atoms with Gasteiger partial charge in [-0.15, -0.1) is 0 Å². The van der Waals surface area contributed by atoms with Gasteiger partial charge in [0.05, 0.1) is 17.1 Å². The number of rotatable bonds is 10. The summed E-state index contributed by atoms with van der Waals surface area (Å²) in [5.41, 5.74) is 0.672. The highest BCUT2D eigenvalue weighted by atomic mass is 16.6. The van der Waals surface area contributed by atoms with E-state index >= 15 is 0 Å². The molecule has 2 aromatic carbocycles. The summed E-state index contributed by atoms with van der Waals surface area (Å²) >= 11 is 0. The molecule has 192 valence electrons. The van der Waals surface area contributed by atoms with Crippen molar-refractivity contribution in [3.05, 3.63) is 57.6 Å². The standard InChI is InChI=1S/C25H29N3O8/c1-3-34-22-13-18(8-10-21(22)35-16-24(30)27-11-5-4-6-12-27)25(31)36-15-23(29)26-19-9-7-17(2)20(14-19)28(32)33/h7-10,13-14H,3-6,11-12,15-16H2,1-2H3,(H,26,29). The van der Waals surface area contributed by atoms with Crippen LogP contribution in [0.3, 0.4) is 0 Å². The third-order valence-corrected chi connectivity index (χ3v) is 5.56. The average Bonchev–Trinajstić information content (AvgIpc) is 2.88. The van der Waals surface area contributed by atoms with Gasteiger partial charge < -0.3 is 24.4 Å². The van der Waals surface area contributed by atoms with Gasteiger partial charge >= 0.3 is 5.97 Å². The van der Waals surface area contributed by atoms with Gasteiger partial charge in [-0.05, 0) is 57.4 Å². The van der Waals surface area contributed by atoms with E-state index in [4.69, 9.17) is 14.2 Å². The molecular weight excluding hydrogens is 470 g/mol. The van der Waals surface area contributed by atoms with E-state index in [1.54, 1.807) is 18.7 Å². The lowest BCUT2D eigenvalue weighted by Gasteiger charge is -2.26. The van der Waals surface area contributed by atoms with Gasteiger partial charge in [-0.1, -0.05) is 6.07 Å². The van der Waals surface area contributed by atoms with Crippen molar-refractivity contribution in [2.75, 3.05) is 38.2 Å². The van der Waals surface area contributed by atoms with Gasteiger partial charge in [-0.3, -0.25) is 19.7 Å². The van der Waals surface area contributed by atoms with Gasteiger partial charge in [-0.25, -0.2) is 4.79 Å². The van der Waals surface area contributed by atoms with Crippen LogP contribution in [0.2, 0.25) is 0 Å². The normalized spacial score (nSPS) is 13.0. The Labute approximate surface area is 208 Å². The minimum absolute atomic E-state index is 0.106. The van der Waals surface area contributed by atoms with Crippen LogP contribution in [0.25, 0.3) is 0 Å². The van der Waals surface area contributed by atoms with E-state index in [1.165, 1.54) is 36.4 Å². The van der Waals surface area contributed by atoms with Crippen LogP contribution in [0.5, 0.6) is 11.5 Å². The molecule has 0 aliphatic carbocycles. The molecule has 0 spiro atoms. The molecule has 1 aliphatic heterocycles. The molecule has 0 unspecified atom stereocenters. The van der Waals surface area contributed by atoms with E-state index in [1.807, 2.05) is 0 Å². The molecular formula is C25H29N3O8. The number of esters is 1. The minimum atomic E-state index is -0.767. The maximum Gasteiger partial charge on any atom is 0.338 e. The monoisotopic (exact) mass is 499 g/mol. The van der Waals surface area contributed by atoms with Crippen molar-refractivity contribution in [3.8, 4) is 11.5 Å². The summed E-state index contributed by atoms with van der Waals surface area (Å²) < 4.78 is 16.3. The second-order valence-electron chi connectivity index (χ2n) is 8.21. The fourth-order valence-electron chi connectivity index (χ4n) is 3.69. The second kappa shape index (κ2) is 12.5. The summed E-state index contributed by atoms with van der Waals surface area (Å²) in [7, 11) is 0. The number of carbonyl (C=O) groups is 3. The predicted molar refractivity (Wildman–Crippen MR) is 130 cm³/mol. The zero-order valence-corrected chi connectivity index (χ0v) is 20.3. The van der Waals surface area contributed by atoms with Crippen molar-refractivity contribution >= 4 is 29.2 Å². The molecule has 3 rings (SSSR count). The highest BCUT2D eigenvalue weighted by Gasteiger charge is 2.19. The molecule has 2 amide bonds. The first kappa shape index (κ1) is 26.5. The number of carbonyl (C=O) groups excluding carboxylic acids is 3. The number of nitrogens with one attached hydrogen (secondary N) is 1. The van der Waals surface area contributed by atoms with Crippen LogP contribution in [-0.2, 0) is 14.3 Å². The smallest absolute Gasteiger partial charge is 0.338 e. The number of benzene rings is 2. The number of ether oxygens (including phenoxy) is 3. The molecule has 1 N–H and O–H groups in total. The average molecular weight is 500 g/mol. The zero-order chi connectivity index (χ0) is 26.1. The van der Waals surface area contributed by atoms with Gasteiger partial charge in [0.2, 0.25) is 0 Å². The van der Waals surface area contributed by atoms with Crippen LogP contribution in [-0.4, -0.2) is 60.5 Å². The summed E-state index contributed by atoms with van der Waals surface area (Å²) in [4.78, 5) is 49.3. The highest BCUT2D eigenvalue weighted by Crippen LogP contribution is 2.29. The first-order valence-electron chi connectivity index (χ1n) is 11.7. The van der Waals surface area contributed by atoms with E-state index < -0.39 is 23.4 Å². The fourth-order valence-corrected chi connectivity index (χ4v) is 3.69. The van der Waals surface area contributed by atoms with E-state index in [0.29, 0.717) is 17.9 Å². The quantitative estimate of drug-likeness (QED) is 0.298. The summed E-state index contributed by atoms with van der Waals surface area (Å²) in [6, 6.07) is 8.65. The van der Waals surface area contributed by atoms with Crippen LogP contribution in [0.1, 0.15) is 42.1 Å². The molecule has 2 aromatic rings. The largest absolute Gasteiger partial charge is 0.490 e. The molecule has 11 nitrogen and oxygen atoms in total. The van der Waals surface area contributed by atoms with E-state index in [0.717, 1.165) is 32.4 Å². The number of nitro benzene ring substituents is 1. The molecule has 0 atom stereocenters. The third-order valence-electron chi connectivity index (χ3n) is 5.56. The van der Waals surface area contributed by atoms with Crippen LogP contribution in [0.15, 0.2) is 36.4 Å². The van der Waals surface area contributed by atoms with Gasteiger partial charge in [0.15, 0.2) is 24.7 Å². The number of likely N-dealkylation sites (tertiary alicyclic amines) is 1. The molecule has 1 saturated heterocycles. The summed E-state index contributed by atoms with van der Waals surface area (Å²) in [5.74, 6) is -0.933. The molecule has 1 aliphatic rings. The molecule has 0 saturated carbocycles. The molecule has 1 fully saturated rings. The van der Waals surface area contributed by atoms with Crippen molar-refractivity contribution < 1.29 is 33.5 Å². The summed E-state index contributed by atoms with van der Waals surface area (Å²) in [6.07, 6.45) is 3.08. The van der Waals surface area contributed by atoms with E-state index in [-0.39, 0.29) is 35.2 Å². The number of hydrogen-bond acceptors (Lipinski definition) is 8. The first-order chi connectivity index (χ1) is 17.3. The first-order valence-corrected chi connectivity index (χ1v) is 11.7. The van der Waals surface area contributed by atoms with Crippen LogP contribution in [0, 0.1) is 17.0 Å². The lowest BCUT2D eigenvalue weighted by atomic mass is 10.1. The maximum atomic E-state index is 12.5. The maximum absolute atomic E-state index is 12.5. The Morgan fingerprint density at radius 1 is 1.00 bits per heavy atom. The molecule has 11 heteroatoms. The van der Waals surface area contributed by atoms with Crippen molar-refractivity contribution in [2.24, 2.45) is 0 Å². The lowest BCUT2D eigenvalue weighted by molar-refractivity contribution is -0.385. The van der Waals surface area contributed by atoms with Gasteiger partial charge in [-0.2, -0.15) is 0 Å². The van der Waals surface area contributed by atoms with Crippen molar-refractivity contribution in [1.82, 2.24) is 4.90 Å². The molecule has 0 bridgehead atoms. The van der Waals surface area contributed by atoms with E-state index in [2.05, 4.69) is 5.32 Å². The SMILES string of the molecule is CCOc1cc(C(=O)OCC(=O)Nc2ccc(C)c([N+](=O)[O-])c2)ccc1OCC(=O)N1CCCCC1. The Hall–Kier alpha value is -4.15. The van der Waals surface area contributed by atoms with Gasteiger partial charge in [0.1, 0.15) is 0 Å². The fraction of sp³-hybridized carbons (Fsp3) is 0.400. The van der Waals surface area contributed by atoms with Crippen molar-refractivity contribution in [1.29, 1.82) is 0 Å². The molecule has 0 aromatic heterocycles. The number of amides is 2. The predicted octanol–water partition coefficient (Wildman–Crippen LogP) is 3.49. The number of hydrogen-bond donors (Lipinski definition) is 1. The van der Waals surface area contributed by atoms with Crippen LogP contribution < -0.4 is 14.8 Å². The van der Waals surface area contributed by atoms with Gasteiger partial charge in [0, 0.05) is 30.4 Å². The topological polar surface area (TPSA) is 137 Å². The third kappa shape index (κ3) is 7.17. The summed E-state index contributed by atoms with van der Waals surface area (Å²) in [6.45, 7) is 4.38. The number of anilines is 1. The van der Waals surface area contributed by atoms with Crippen LogP contribution >= 0.6 is 0 Å². The Morgan fingerprint density at radius 3 is 2.44 bits per heavy atom. The Kier molecular flexibility index (Phi) is 9.20. The van der Waals surface area contributed by atoms with Crippen molar-refractivity contribution in [3.63, 3.8) is 0 Å². The number of nitro groups is 1. The summed E-state index contributed by atoms with van der Waals surface area (Å²) in [5, 5.41) is 13.5. The van der Waals surface area contributed by atoms with Crippen molar-refractivity contribution in [2.45, 2.75) is 33.1 Å². The second-order valence-corrected chi connectivity index (χ2v) is 8.21. The van der Waals surface area contributed by atoms with E-state index in [9.17, 15) is 24.5 Å². The molecule has 1 heterocycles. The Morgan fingerprint density at radius 2 is 1.75 bits per heavy atom. The number of aryl methyl sites for hydroxylation is 1. The lowest BCUT2D eigenvalue weighted by Crippen LogP contribution is -2.38. The Balaban J connectivity index is 1.57. The zero-order valence-electron chi connectivity index (χ0n) is 20.3. The molecule has 0 radical (unpaired) electrons. The Bertz CT molecular complexity index is 1130. The molecule has 36 heavy (non-hydrogen) atoms. The van der Waals surface area contributed by atoms with Gasteiger partial charge in [0.25, 0.3) is 17.5 Å². The minimum Gasteiger partial charge on any atom is -0.490 e. The van der Waals surface area contributed by atoms with Crippen LogP contribution in [0.4, 0.5) is 11.4 Å². The highest BCUT2D eigenvalue weighted by molar-refractivity contribution is 5.96. The number of nitrogens with zero attached hydrogens (tertiary/aromatic N) is 2. The number of piperidine rings is 1.